The molecule has 2 aliphatic heterocycles. The molecule has 2 rings (SSSR count). The fourth-order valence-electron chi connectivity index (χ4n) is 1.69. The summed E-state index contributed by atoms with van der Waals surface area (Å²) >= 11 is 0. The molecule has 2 saturated heterocycles. The molecule has 0 saturated carbocycles. The molecule has 0 aliphatic carbocycles. The van der Waals surface area contributed by atoms with Gasteiger partial charge in [0.1, 0.15) is 31.0 Å². The van der Waals surface area contributed by atoms with Crippen LogP contribution in [0.4, 0.5) is 0 Å². The summed E-state index contributed by atoms with van der Waals surface area (Å²) in [5, 5.41) is 44.6. The summed E-state index contributed by atoms with van der Waals surface area (Å²) in [4.78, 5) is 0. The van der Waals surface area contributed by atoms with Crippen LogP contribution < -0.4 is 0 Å². The van der Waals surface area contributed by atoms with E-state index in [-0.39, 0.29) is 13.2 Å². The Bertz CT molecular complexity index is 251. The zero-order valence-electron chi connectivity index (χ0n) is 10.8. The summed E-state index contributed by atoms with van der Waals surface area (Å²) in [5.41, 5.74) is 0. The molecule has 0 aromatic carbocycles. The lowest BCUT2D eigenvalue weighted by Gasteiger charge is -2.27. The maximum absolute atomic E-state index is 9.11. The van der Waals surface area contributed by atoms with Crippen LogP contribution in [0, 0.1) is 0 Å². The first-order valence-electron chi connectivity index (χ1n) is 6.08. The third kappa shape index (κ3) is 5.28. The van der Waals surface area contributed by atoms with Gasteiger partial charge in [-0.2, -0.15) is 0 Å². The highest BCUT2D eigenvalue weighted by Crippen LogP contribution is 2.17. The molecule has 0 spiro atoms. The van der Waals surface area contributed by atoms with E-state index >= 15 is 0 Å². The molecule has 0 aromatic heterocycles. The van der Waals surface area contributed by atoms with Crippen LogP contribution in [0.5, 0.6) is 0 Å². The van der Waals surface area contributed by atoms with E-state index in [1.54, 1.807) is 6.92 Å². The van der Waals surface area contributed by atoms with Crippen molar-refractivity contribution in [2.75, 3.05) is 33.0 Å². The van der Waals surface area contributed by atoms with Crippen molar-refractivity contribution in [1.29, 1.82) is 0 Å². The molecule has 8 nitrogen and oxygen atoms in total. The van der Waals surface area contributed by atoms with Gasteiger partial charge in [0.15, 0.2) is 5.79 Å². The van der Waals surface area contributed by atoms with E-state index in [2.05, 4.69) is 0 Å². The molecule has 2 aliphatic rings. The predicted molar refractivity (Wildman–Crippen MR) is 62.2 cm³/mol. The van der Waals surface area contributed by atoms with E-state index in [9.17, 15) is 0 Å². The molecular formula is C11H22O8. The van der Waals surface area contributed by atoms with Crippen LogP contribution in [0.1, 0.15) is 6.92 Å². The lowest BCUT2D eigenvalue weighted by atomic mass is 10.1. The fraction of sp³-hybridized carbons (Fsp3) is 1.00. The number of aliphatic hydroxyl groups is 5. The second kappa shape index (κ2) is 7.46. The molecule has 0 radical (unpaired) electrons. The SMILES string of the molecule is CC1(O)COCCO1.OC[C@@H](O)[C@H]1OC[C@H](O)[C@H]1O. The molecule has 19 heavy (non-hydrogen) atoms. The summed E-state index contributed by atoms with van der Waals surface area (Å²) in [6, 6.07) is 0. The van der Waals surface area contributed by atoms with E-state index < -0.39 is 36.8 Å². The number of hydrogen-bond donors (Lipinski definition) is 5. The quantitative estimate of drug-likeness (QED) is 0.367. The van der Waals surface area contributed by atoms with Crippen LogP contribution in [0.25, 0.3) is 0 Å². The third-order valence-electron chi connectivity index (χ3n) is 2.77. The Balaban J connectivity index is 0.000000200. The largest absolute Gasteiger partial charge is 0.394 e. The van der Waals surface area contributed by atoms with Crippen molar-refractivity contribution in [2.24, 2.45) is 0 Å². The highest BCUT2D eigenvalue weighted by molar-refractivity contribution is 4.87. The monoisotopic (exact) mass is 282 g/mol. The van der Waals surface area contributed by atoms with Crippen LogP contribution in [-0.2, 0) is 14.2 Å². The second-order valence-corrected chi connectivity index (χ2v) is 4.68. The van der Waals surface area contributed by atoms with Crippen molar-refractivity contribution in [1.82, 2.24) is 0 Å². The highest BCUT2D eigenvalue weighted by Gasteiger charge is 2.38. The van der Waals surface area contributed by atoms with Gasteiger partial charge in [-0.3, -0.25) is 0 Å². The van der Waals surface area contributed by atoms with Crippen LogP contribution in [0.3, 0.4) is 0 Å². The van der Waals surface area contributed by atoms with Gasteiger partial charge in [0, 0.05) is 0 Å². The van der Waals surface area contributed by atoms with E-state index in [4.69, 9.17) is 39.7 Å². The van der Waals surface area contributed by atoms with E-state index in [0.29, 0.717) is 13.2 Å². The molecule has 5 atom stereocenters. The van der Waals surface area contributed by atoms with E-state index in [1.165, 1.54) is 0 Å². The number of ether oxygens (including phenoxy) is 3. The van der Waals surface area contributed by atoms with Gasteiger partial charge in [-0.25, -0.2) is 0 Å². The van der Waals surface area contributed by atoms with Crippen LogP contribution in [-0.4, -0.2) is 88.8 Å². The molecule has 5 N–H and O–H groups in total. The zero-order chi connectivity index (χ0) is 14.5. The van der Waals surface area contributed by atoms with Gasteiger partial charge < -0.3 is 39.7 Å². The van der Waals surface area contributed by atoms with Gasteiger partial charge in [-0.05, 0) is 6.92 Å². The Morgan fingerprint density at radius 1 is 1.32 bits per heavy atom. The Kier molecular flexibility index (Phi) is 6.57. The second-order valence-electron chi connectivity index (χ2n) is 4.68. The van der Waals surface area contributed by atoms with Gasteiger partial charge in [-0.1, -0.05) is 0 Å². The number of aliphatic hydroxyl groups excluding tert-OH is 4. The molecule has 0 amide bonds. The lowest BCUT2D eigenvalue weighted by Crippen LogP contribution is -2.40. The smallest absolute Gasteiger partial charge is 0.186 e. The maximum atomic E-state index is 9.11. The summed E-state index contributed by atoms with van der Waals surface area (Å²) < 4.78 is 14.6. The van der Waals surface area contributed by atoms with Crippen LogP contribution >= 0.6 is 0 Å². The minimum Gasteiger partial charge on any atom is -0.394 e. The van der Waals surface area contributed by atoms with E-state index in [0.717, 1.165) is 0 Å². The standard InChI is InChI=1S/C6H12O5.C5H10O3/c7-1-3(8)6-5(10)4(9)2-11-6;1-5(6)4-7-2-3-8-5/h3-10H,1-2H2;6H,2-4H2,1H3/t3-,4+,5-,6-;/m1./s1. The van der Waals surface area contributed by atoms with Gasteiger partial charge in [0.05, 0.1) is 26.4 Å². The summed E-state index contributed by atoms with van der Waals surface area (Å²) in [7, 11) is 0. The topological polar surface area (TPSA) is 129 Å². The first kappa shape index (κ1) is 16.7. The van der Waals surface area contributed by atoms with Gasteiger partial charge in [0.25, 0.3) is 0 Å². The number of rotatable bonds is 2. The molecule has 2 fully saturated rings. The third-order valence-corrected chi connectivity index (χ3v) is 2.77. The van der Waals surface area contributed by atoms with Crippen LogP contribution in [0.2, 0.25) is 0 Å². The summed E-state index contributed by atoms with van der Waals surface area (Å²) in [6.07, 6.45) is -4.05. The Morgan fingerprint density at radius 3 is 2.32 bits per heavy atom. The van der Waals surface area contributed by atoms with Crippen molar-refractivity contribution >= 4 is 0 Å². The molecule has 114 valence electrons. The summed E-state index contributed by atoms with van der Waals surface area (Å²) in [5.74, 6) is -1.04. The molecule has 2 heterocycles. The maximum Gasteiger partial charge on any atom is 0.186 e. The van der Waals surface area contributed by atoms with Gasteiger partial charge in [0.2, 0.25) is 0 Å². The average molecular weight is 282 g/mol. The minimum absolute atomic E-state index is 0.00287. The molecule has 0 aromatic rings. The van der Waals surface area contributed by atoms with E-state index in [1.807, 2.05) is 0 Å². The fourth-order valence-corrected chi connectivity index (χ4v) is 1.69. The van der Waals surface area contributed by atoms with Crippen molar-refractivity contribution in [3.63, 3.8) is 0 Å². The van der Waals surface area contributed by atoms with Crippen LogP contribution in [0.15, 0.2) is 0 Å². The van der Waals surface area contributed by atoms with Gasteiger partial charge in [-0.15, -0.1) is 0 Å². The van der Waals surface area contributed by atoms with Crippen molar-refractivity contribution in [3.8, 4) is 0 Å². The predicted octanol–water partition coefficient (Wildman–Crippen LogP) is -2.80. The first-order valence-corrected chi connectivity index (χ1v) is 6.08. The highest BCUT2D eigenvalue weighted by atomic mass is 16.7. The Labute approximate surface area is 111 Å². The Morgan fingerprint density at radius 2 is 2.00 bits per heavy atom. The molecule has 1 unspecified atom stereocenters. The summed E-state index contributed by atoms with van der Waals surface area (Å²) in [6.45, 7) is 2.49. The Hall–Kier alpha value is -0.320. The normalized spacial score (nSPS) is 40.4. The first-order chi connectivity index (χ1) is 8.87. The molecule has 0 bridgehead atoms. The van der Waals surface area contributed by atoms with Crippen molar-refractivity contribution in [3.05, 3.63) is 0 Å². The average Bonchev–Trinajstić information content (AvgIpc) is 2.70. The number of hydrogen-bond acceptors (Lipinski definition) is 8. The minimum atomic E-state index is -1.12. The lowest BCUT2D eigenvalue weighted by molar-refractivity contribution is -0.257. The molecule has 8 heteroatoms. The van der Waals surface area contributed by atoms with Crippen molar-refractivity contribution in [2.45, 2.75) is 37.1 Å². The van der Waals surface area contributed by atoms with Gasteiger partial charge >= 0.3 is 0 Å². The zero-order valence-corrected chi connectivity index (χ0v) is 10.8. The van der Waals surface area contributed by atoms with Crippen molar-refractivity contribution < 1.29 is 39.7 Å². The molecular weight excluding hydrogens is 260 g/mol.